The van der Waals surface area contributed by atoms with Gasteiger partial charge in [-0.25, -0.2) is 23.4 Å². The molecule has 0 radical (unpaired) electrons. The number of hydrogen-bond acceptors (Lipinski definition) is 11. The van der Waals surface area contributed by atoms with E-state index < -0.39 is 10.7 Å². The first-order chi connectivity index (χ1) is 19.1. The van der Waals surface area contributed by atoms with Crippen LogP contribution in [0.15, 0.2) is 24.4 Å². The van der Waals surface area contributed by atoms with Gasteiger partial charge in [-0.05, 0) is 6.07 Å². The van der Waals surface area contributed by atoms with Gasteiger partial charge in [0.25, 0.3) is 0 Å². The second kappa shape index (κ2) is 11.5. The zero-order chi connectivity index (χ0) is 26.8. The first kappa shape index (κ1) is 26.1. The molecule has 4 aromatic rings. The molecule has 3 aromatic heterocycles. The van der Waals surface area contributed by atoms with Crippen LogP contribution in [-0.4, -0.2) is 120 Å². The average Bonchev–Trinajstić information content (AvgIpc) is 3.57. The van der Waals surface area contributed by atoms with Gasteiger partial charge in [-0.3, -0.25) is 14.9 Å². The highest BCUT2D eigenvalue weighted by Crippen LogP contribution is 2.32. The molecule has 0 aliphatic carbocycles. The van der Waals surface area contributed by atoms with E-state index in [2.05, 4.69) is 24.6 Å². The Bertz CT molecular complexity index is 1510. The highest BCUT2D eigenvalue weighted by molar-refractivity contribution is 7.72. The van der Waals surface area contributed by atoms with E-state index >= 15 is 0 Å². The third-order valence-electron chi connectivity index (χ3n) is 7.36. The van der Waals surface area contributed by atoms with Crippen LogP contribution < -0.4 is 4.90 Å². The van der Waals surface area contributed by atoms with E-state index in [4.69, 9.17) is 24.4 Å². The number of benzene rings is 1. The van der Waals surface area contributed by atoms with Crippen molar-refractivity contribution in [3.63, 3.8) is 0 Å². The number of aromatic amines is 1. The Kier molecular flexibility index (Phi) is 7.70. The highest BCUT2D eigenvalue weighted by atomic mass is 32.2. The molecular formula is C25H33N9O4S. The van der Waals surface area contributed by atoms with Gasteiger partial charge in [-0.15, -0.1) is 0 Å². The summed E-state index contributed by atoms with van der Waals surface area (Å²) in [5.74, 6) is 2.44. The van der Waals surface area contributed by atoms with Crippen molar-refractivity contribution in [3.05, 3.63) is 30.2 Å². The molecule has 1 aromatic carbocycles. The molecule has 1 N–H and O–H groups in total. The number of fused-ring (bicyclic) bond motifs is 2. The molecule has 2 saturated heterocycles. The summed E-state index contributed by atoms with van der Waals surface area (Å²) in [6.45, 7) is 7.44. The number of nitrogens with zero attached hydrogens (tertiary/aromatic N) is 8. The molecule has 2 aliphatic heterocycles. The Morgan fingerprint density at radius 2 is 1.82 bits per heavy atom. The molecule has 6 rings (SSSR count). The Morgan fingerprint density at radius 3 is 2.59 bits per heavy atom. The number of methoxy groups -OCH3 is 1. The smallest absolute Gasteiger partial charge is 0.166 e. The number of hydrogen-bond donors (Lipinski definition) is 2. The van der Waals surface area contributed by atoms with Crippen molar-refractivity contribution in [1.29, 1.82) is 0 Å². The van der Waals surface area contributed by atoms with Crippen LogP contribution in [0.3, 0.4) is 0 Å². The molecule has 0 saturated carbocycles. The molecule has 0 bridgehead atoms. The van der Waals surface area contributed by atoms with Gasteiger partial charge >= 0.3 is 0 Å². The maximum Gasteiger partial charge on any atom is 0.166 e. The lowest BCUT2D eigenvalue weighted by molar-refractivity contribution is 0.122. The van der Waals surface area contributed by atoms with Gasteiger partial charge in [0.05, 0.1) is 44.0 Å². The SMILES string of the molecule is COCCn1c(CN2CCN(C[SH](=O)=O)CC2)nc2c(N3CCOCC3)nc(-c3cccc4[nH]ncc34)nc21. The van der Waals surface area contributed by atoms with Crippen molar-refractivity contribution < 1.29 is 17.9 Å². The number of ether oxygens (including phenoxy) is 2. The molecule has 13 nitrogen and oxygen atoms in total. The first-order valence-electron chi connectivity index (χ1n) is 13.2. The number of aromatic nitrogens is 6. The minimum atomic E-state index is -2.41. The van der Waals surface area contributed by atoms with Crippen LogP contribution in [0.2, 0.25) is 0 Å². The number of imidazole rings is 1. The number of morpholine rings is 1. The van der Waals surface area contributed by atoms with Crippen molar-refractivity contribution in [1.82, 2.24) is 39.5 Å². The van der Waals surface area contributed by atoms with Gasteiger partial charge in [0.15, 0.2) is 33.5 Å². The number of rotatable bonds is 9. The fraction of sp³-hybridized carbons (Fsp3) is 0.520. The third kappa shape index (κ3) is 5.47. The third-order valence-corrected chi connectivity index (χ3v) is 7.99. The standard InChI is InChI=1S/C25H33N9O4S/c1-37-12-11-34-21(16-31-5-7-32(8-6-31)17-39(35)36)27-22-24(33-9-13-38-14-10-33)28-23(29-25(22)34)18-3-2-4-20-19(18)15-26-30-20/h2-4,15,39H,5-14,16-17H2,1H3,(H,26,30). The van der Waals surface area contributed by atoms with Gasteiger partial charge in [-0.2, -0.15) is 5.10 Å². The van der Waals surface area contributed by atoms with E-state index in [1.54, 1.807) is 7.11 Å². The van der Waals surface area contributed by atoms with Gasteiger partial charge in [-0.1, -0.05) is 12.1 Å². The Balaban J connectivity index is 1.42. The number of piperazine rings is 1. The topological polar surface area (TPSA) is 135 Å². The van der Waals surface area contributed by atoms with E-state index in [0.29, 0.717) is 51.8 Å². The van der Waals surface area contributed by atoms with Crippen LogP contribution in [0, 0.1) is 0 Å². The number of H-pyrrole nitrogens is 1. The zero-order valence-electron chi connectivity index (χ0n) is 22.0. The number of anilines is 1. The molecule has 0 amide bonds. The summed E-state index contributed by atoms with van der Waals surface area (Å²) in [5, 5.41) is 8.23. The van der Waals surface area contributed by atoms with E-state index in [-0.39, 0.29) is 5.88 Å². The fourth-order valence-electron chi connectivity index (χ4n) is 5.30. The second-order valence-electron chi connectivity index (χ2n) is 9.82. The van der Waals surface area contributed by atoms with Crippen LogP contribution in [0.4, 0.5) is 5.82 Å². The van der Waals surface area contributed by atoms with Crippen LogP contribution in [0.25, 0.3) is 33.5 Å². The summed E-state index contributed by atoms with van der Waals surface area (Å²) in [6, 6.07) is 5.99. The van der Waals surface area contributed by atoms with E-state index in [0.717, 1.165) is 65.5 Å². The lowest BCUT2D eigenvalue weighted by Gasteiger charge is -2.33. The Hall–Kier alpha value is -3.17. The summed E-state index contributed by atoms with van der Waals surface area (Å²) >= 11 is 0. The van der Waals surface area contributed by atoms with Gasteiger partial charge in [0, 0.05) is 63.9 Å². The Morgan fingerprint density at radius 1 is 1.03 bits per heavy atom. The molecule has 14 heteroatoms. The molecule has 0 atom stereocenters. The lowest BCUT2D eigenvalue weighted by Crippen LogP contribution is -2.46. The molecular weight excluding hydrogens is 522 g/mol. The summed E-state index contributed by atoms with van der Waals surface area (Å²) < 4.78 is 35.5. The lowest BCUT2D eigenvalue weighted by atomic mass is 10.1. The summed E-state index contributed by atoms with van der Waals surface area (Å²) in [7, 11) is -0.718. The molecule has 2 fully saturated rings. The average molecular weight is 556 g/mol. The molecule has 208 valence electrons. The van der Waals surface area contributed by atoms with Gasteiger partial charge in [0.1, 0.15) is 5.82 Å². The summed E-state index contributed by atoms with van der Waals surface area (Å²) in [4.78, 5) is 21.8. The van der Waals surface area contributed by atoms with Crippen molar-refractivity contribution >= 4 is 38.6 Å². The van der Waals surface area contributed by atoms with Crippen LogP contribution in [0.5, 0.6) is 0 Å². The predicted molar refractivity (Wildman–Crippen MR) is 147 cm³/mol. The molecule has 5 heterocycles. The second-order valence-corrected chi connectivity index (χ2v) is 10.8. The van der Waals surface area contributed by atoms with Crippen molar-refractivity contribution in [2.75, 3.05) is 77.0 Å². The van der Waals surface area contributed by atoms with E-state index in [1.165, 1.54) is 0 Å². The zero-order valence-corrected chi connectivity index (χ0v) is 22.8. The summed E-state index contributed by atoms with van der Waals surface area (Å²) in [5.41, 5.74) is 3.38. The molecule has 39 heavy (non-hydrogen) atoms. The maximum absolute atomic E-state index is 11.2. The molecule has 0 unspecified atom stereocenters. The van der Waals surface area contributed by atoms with E-state index in [9.17, 15) is 8.42 Å². The number of thiol groups is 1. The van der Waals surface area contributed by atoms with Crippen molar-refractivity contribution in [2.45, 2.75) is 13.1 Å². The van der Waals surface area contributed by atoms with Crippen LogP contribution in [-0.2, 0) is 33.3 Å². The minimum absolute atomic E-state index is 0.111. The molecule has 0 spiro atoms. The fourth-order valence-corrected chi connectivity index (χ4v) is 5.91. The largest absolute Gasteiger partial charge is 0.383 e. The van der Waals surface area contributed by atoms with Crippen LogP contribution >= 0.6 is 0 Å². The quantitative estimate of drug-likeness (QED) is 0.280. The minimum Gasteiger partial charge on any atom is -0.383 e. The predicted octanol–water partition coefficient (Wildman–Crippen LogP) is 0.539. The van der Waals surface area contributed by atoms with Gasteiger partial charge < -0.3 is 18.9 Å². The van der Waals surface area contributed by atoms with Gasteiger partial charge in [0.2, 0.25) is 0 Å². The maximum atomic E-state index is 11.2. The van der Waals surface area contributed by atoms with Crippen molar-refractivity contribution in [3.8, 4) is 11.4 Å². The monoisotopic (exact) mass is 555 g/mol. The first-order valence-corrected chi connectivity index (χ1v) is 14.5. The van der Waals surface area contributed by atoms with Crippen molar-refractivity contribution in [2.24, 2.45) is 0 Å². The summed E-state index contributed by atoms with van der Waals surface area (Å²) in [6.07, 6.45) is 1.81. The highest BCUT2D eigenvalue weighted by Gasteiger charge is 2.26. The Labute approximate surface area is 227 Å². The van der Waals surface area contributed by atoms with E-state index in [1.807, 2.05) is 29.3 Å². The number of nitrogens with one attached hydrogen (secondary N) is 1. The van der Waals surface area contributed by atoms with Crippen LogP contribution in [0.1, 0.15) is 5.82 Å². The normalized spacial score (nSPS) is 17.6. The molecule has 2 aliphatic rings.